The van der Waals surface area contributed by atoms with E-state index in [9.17, 15) is 8.42 Å². The first-order valence-corrected chi connectivity index (χ1v) is 10.1. The fourth-order valence-corrected chi connectivity index (χ4v) is 5.23. The van der Waals surface area contributed by atoms with E-state index >= 15 is 0 Å². The molecule has 1 fully saturated rings. The van der Waals surface area contributed by atoms with E-state index in [-0.39, 0.29) is 6.10 Å². The summed E-state index contributed by atoms with van der Waals surface area (Å²) < 4.78 is 35.1. The topological polar surface area (TPSA) is 90.2 Å². The standard InChI is InChI=1S/C17H25N5O3S/c1-11-10-16(19-14(4)18-11)25-15-6-8-22(9-7-15)26(23,24)17-12(2)20-21(5)13(17)3/h10,15H,6-9H2,1-5H3. The van der Waals surface area contributed by atoms with E-state index in [1.807, 2.05) is 13.8 Å². The van der Waals surface area contributed by atoms with Gasteiger partial charge < -0.3 is 4.74 Å². The number of hydrogen-bond donors (Lipinski definition) is 0. The Balaban J connectivity index is 1.70. The molecule has 1 aliphatic heterocycles. The van der Waals surface area contributed by atoms with Crippen LogP contribution >= 0.6 is 0 Å². The van der Waals surface area contributed by atoms with E-state index in [0.29, 0.717) is 53.9 Å². The highest BCUT2D eigenvalue weighted by Gasteiger charge is 2.34. The highest BCUT2D eigenvalue weighted by Crippen LogP contribution is 2.27. The van der Waals surface area contributed by atoms with Gasteiger partial charge in [-0.15, -0.1) is 0 Å². The zero-order valence-electron chi connectivity index (χ0n) is 15.9. The molecule has 0 bridgehead atoms. The summed E-state index contributed by atoms with van der Waals surface area (Å²) >= 11 is 0. The van der Waals surface area contributed by atoms with Gasteiger partial charge in [-0.2, -0.15) is 14.4 Å². The van der Waals surface area contributed by atoms with Gasteiger partial charge in [-0.05, 0) is 40.5 Å². The number of rotatable bonds is 4. The lowest BCUT2D eigenvalue weighted by atomic mass is 10.1. The SMILES string of the molecule is Cc1cc(OC2CCN(S(=O)(=O)c3c(C)nn(C)c3C)CC2)nc(C)n1. The summed E-state index contributed by atoms with van der Waals surface area (Å²) in [6.07, 6.45) is 1.20. The molecule has 0 atom stereocenters. The number of aromatic nitrogens is 4. The van der Waals surface area contributed by atoms with Gasteiger partial charge in [-0.3, -0.25) is 4.68 Å². The number of aryl methyl sites for hydroxylation is 4. The molecule has 0 unspecified atom stereocenters. The van der Waals surface area contributed by atoms with Crippen LogP contribution in [0, 0.1) is 27.7 Å². The Morgan fingerprint density at radius 2 is 1.77 bits per heavy atom. The van der Waals surface area contributed by atoms with E-state index in [2.05, 4.69) is 15.1 Å². The lowest BCUT2D eigenvalue weighted by Gasteiger charge is -2.31. The first-order valence-electron chi connectivity index (χ1n) is 8.68. The van der Waals surface area contributed by atoms with Crippen LogP contribution in [-0.4, -0.2) is 51.7 Å². The van der Waals surface area contributed by atoms with Crippen molar-refractivity contribution in [1.29, 1.82) is 0 Å². The molecule has 142 valence electrons. The summed E-state index contributed by atoms with van der Waals surface area (Å²) in [5, 5.41) is 4.23. The van der Waals surface area contributed by atoms with Crippen LogP contribution in [0.25, 0.3) is 0 Å². The van der Waals surface area contributed by atoms with Crippen LogP contribution in [0.5, 0.6) is 5.88 Å². The van der Waals surface area contributed by atoms with Gasteiger partial charge >= 0.3 is 0 Å². The molecule has 8 nitrogen and oxygen atoms in total. The fraction of sp³-hybridized carbons (Fsp3) is 0.588. The van der Waals surface area contributed by atoms with Crippen molar-refractivity contribution in [2.75, 3.05) is 13.1 Å². The van der Waals surface area contributed by atoms with Crippen molar-refractivity contribution in [3.63, 3.8) is 0 Å². The van der Waals surface area contributed by atoms with Gasteiger partial charge in [0.05, 0.1) is 11.4 Å². The molecule has 2 aromatic rings. The summed E-state index contributed by atoms with van der Waals surface area (Å²) in [6, 6.07) is 1.80. The van der Waals surface area contributed by atoms with E-state index in [0.717, 1.165) is 5.69 Å². The van der Waals surface area contributed by atoms with Crippen LogP contribution in [-0.2, 0) is 17.1 Å². The maximum absolute atomic E-state index is 13.0. The van der Waals surface area contributed by atoms with Gasteiger partial charge in [0.15, 0.2) is 0 Å². The van der Waals surface area contributed by atoms with Crippen LogP contribution in [0.2, 0.25) is 0 Å². The molecule has 3 rings (SSSR count). The monoisotopic (exact) mass is 379 g/mol. The van der Waals surface area contributed by atoms with Crippen molar-refractivity contribution in [2.24, 2.45) is 7.05 Å². The molecule has 0 spiro atoms. The Bertz CT molecular complexity index is 894. The fourth-order valence-electron chi connectivity index (χ4n) is 3.36. The molecule has 26 heavy (non-hydrogen) atoms. The van der Waals surface area contributed by atoms with Crippen LogP contribution in [0.15, 0.2) is 11.0 Å². The third-order valence-corrected chi connectivity index (χ3v) is 6.82. The first kappa shape index (κ1) is 18.8. The average molecular weight is 379 g/mol. The predicted molar refractivity (Wildman–Crippen MR) is 96.6 cm³/mol. The summed E-state index contributed by atoms with van der Waals surface area (Å²) in [6.45, 7) is 8.08. The Labute approximate surface area is 154 Å². The van der Waals surface area contributed by atoms with Crippen molar-refractivity contribution < 1.29 is 13.2 Å². The van der Waals surface area contributed by atoms with Gasteiger partial charge in [-0.25, -0.2) is 13.4 Å². The third kappa shape index (κ3) is 3.59. The zero-order chi connectivity index (χ0) is 19.1. The molecule has 0 radical (unpaired) electrons. The quantitative estimate of drug-likeness (QED) is 0.803. The van der Waals surface area contributed by atoms with Crippen molar-refractivity contribution in [3.8, 4) is 5.88 Å². The maximum atomic E-state index is 13.0. The number of ether oxygens (including phenoxy) is 1. The Kier molecular flexibility index (Phi) is 5.03. The number of sulfonamides is 1. The van der Waals surface area contributed by atoms with E-state index in [4.69, 9.17) is 4.74 Å². The van der Waals surface area contributed by atoms with E-state index in [1.54, 1.807) is 31.6 Å². The molecule has 0 amide bonds. The van der Waals surface area contributed by atoms with Crippen molar-refractivity contribution >= 4 is 10.0 Å². The smallest absolute Gasteiger partial charge is 0.246 e. The first-order chi connectivity index (χ1) is 12.2. The van der Waals surface area contributed by atoms with Crippen molar-refractivity contribution in [1.82, 2.24) is 24.1 Å². The maximum Gasteiger partial charge on any atom is 0.246 e. The summed E-state index contributed by atoms with van der Waals surface area (Å²) in [7, 11) is -1.79. The molecule has 3 heterocycles. The molecule has 0 saturated carbocycles. The number of nitrogens with zero attached hydrogens (tertiary/aromatic N) is 5. The lowest BCUT2D eigenvalue weighted by Crippen LogP contribution is -2.42. The van der Waals surface area contributed by atoms with E-state index in [1.165, 1.54) is 4.31 Å². The highest BCUT2D eigenvalue weighted by atomic mass is 32.2. The van der Waals surface area contributed by atoms with Crippen molar-refractivity contribution in [2.45, 2.75) is 51.5 Å². The number of hydrogen-bond acceptors (Lipinski definition) is 6. The summed E-state index contributed by atoms with van der Waals surface area (Å²) in [5.74, 6) is 1.22. The summed E-state index contributed by atoms with van der Waals surface area (Å²) in [5.41, 5.74) is 2.05. The molecule has 0 aliphatic carbocycles. The third-order valence-electron chi connectivity index (χ3n) is 4.67. The molecular formula is C17H25N5O3S. The second-order valence-electron chi connectivity index (χ2n) is 6.74. The predicted octanol–water partition coefficient (Wildman–Crippen LogP) is 1.68. The van der Waals surface area contributed by atoms with Crippen LogP contribution in [0.3, 0.4) is 0 Å². The molecule has 0 aromatic carbocycles. The van der Waals surface area contributed by atoms with Crippen LogP contribution in [0.1, 0.15) is 35.7 Å². The Hall–Kier alpha value is -2.00. The minimum Gasteiger partial charge on any atom is -0.474 e. The normalized spacial score (nSPS) is 16.8. The minimum absolute atomic E-state index is 0.0498. The van der Waals surface area contributed by atoms with Gasteiger partial charge in [0.25, 0.3) is 0 Å². The van der Waals surface area contributed by atoms with Gasteiger partial charge in [0.1, 0.15) is 16.8 Å². The van der Waals surface area contributed by atoms with Crippen LogP contribution in [0.4, 0.5) is 0 Å². The molecule has 9 heteroatoms. The lowest BCUT2D eigenvalue weighted by molar-refractivity contribution is 0.129. The molecule has 2 aromatic heterocycles. The van der Waals surface area contributed by atoms with Gasteiger partial charge in [0.2, 0.25) is 15.9 Å². The molecule has 1 aliphatic rings. The molecule has 0 N–H and O–H groups in total. The Morgan fingerprint density at radius 3 is 2.31 bits per heavy atom. The van der Waals surface area contributed by atoms with E-state index < -0.39 is 10.0 Å². The summed E-state index contributed by atoms with van der Waals surface area (Å²) in [4.78, 5) is 8.85. The average Bonchev–Trinajstić information content (AvgIpc) is 2.80. The molecular weight excluding hydrogens is 354 g/mol. The number of piperidine rings is 1. The molecule has 1 saturated heterocycles. The highest BCUT2D eigenvalue weighted by molar-refractivity contribution is 7.89. The van der Waals surface area contributed by atoms with Gasteiger partial charge in [0, 0.05) is 31.9 Å². The second-order valence-corrected chi connectivity index (χ2v) is 8.61. The second kappa shape index (κ2) is 6.96. The van der Waals surface area contributed by atoms with Gasteiger partial charge in [-0.1, -0.05) is 0 Å². The van der Waals surface area contributed by atoms with Crippen LogP contribution < -0.4 is 4.74 Å². The minimum atomic E-state index is -3.54. The zero-order valence-corrected chi connectivity index (χ0v) is 16.7. The largest absolute Gasteiger partial charge is 0.474 e. The Morgan fingerprint density at radius 1 is 1.12 bits per heavy atom. The van der Waals surface area contributed by atoms with Crippen molar-refractivity contribution in [3.05, 3.63) is 29.0 Å².